The molecule has 1 atom stereocenters. The van der Waals surface area contributed by atoms with Gasteiger partial charge in [-0.05, 0) is 38.7 Å². The van der Waals surface area contributed by atoms with E-state index >= 15 is 0 Å². The van der Waals surface area contributed by atoms with Gasteiger partial charge in [0.05, 0.1) is 5.69 Å². The lowest BCUT2D eigenvalue weighted by molar-refractivity contribution is 0.317. The van der Waals surface area contributed by atoms with Crippen LogP contribution < -0.4 is 11.1 Å². The zero-order valence-corrected chi connectivity index (χ0v) is 10.2. The van der Waals surface area contributed by atoms with E-state index in [4.69, 9.17) is 5.73 Å². The molecule has 1 aliphatic carbocycles. The highest BCUT2D eigenvalue weighted by Gasteiger charge is 2.20. The van der Waals surface area contributed by atoms with Crippen LogP contribution in [-0.2, 0) is 7.05 Å². The molecule has 0 bridgehead atoms. The molecule has 1 aromatic heterocycles. The summed E-state index contributed by atoms with van der Waals surface area (Å²) in [5.41, 5.74) is 7.15. The van der Waals surface area contributed by atoms with Crippen LogP contribution in [0.1, 0.15) is 44.3 Å². The lowest BCUT2D eigenvalue weighted by atomic mass is 9.91. The van der Waals surface area contributed by atoms with E-state index in [9.17, 15) is 0 Å². The van der Waals surface area contributed by atoms with Gasteiger partial charge in [0.2, 0.25) is 0 Å². The van der Waals surface area contributed by atoms with Crippen LogP contribution >= 0.6 is 0 Å². The summed E-state index contributed by atoms with van der Waals surface area (Å²) in [5, 5.41) is 7.87. The molecule has 0 spiro atoms. The maximum atomic E-state index is 5.90. The fourth-order valence-electron chi connectivity index (χ4n) is 2.53. The molecule has 1 saturated carbocycles. The lowest BCUT2D eigenvalue weighted by Crippen LogP contribution is -2.38. The third kappa shape index (κ3) is 2.62. The smallest absolute Gasteiger partial charge is 0.0547 e. The van der Waals surface area contributed by atoms with Crippen LogP contribution in [0.3, 0.4) is 0 Å². The Morgan fingerprint density at radius 1 is 1.44 bits per heavy atom. The van der Waals surface area contributed by atoms with E-state index in [0.29, 0.717) is 18.1 Å². The normalized spacial score (nSPS) is 27.9. The van der Waals surface area contributed by atoms with Crippen molar-refractivity contribution in [3.8, 4) is 0 Å². The first-order valence-electron chi connectivity index (χ1n) is 6.16. The topological polar surface area (TPSA) is 55.9 Å². The Kier molecular flexibility index (Phi) is 3.61. The van der Waals surface area contributed by atoms with Crippen LogP contribution in [-0.4, -0.2) is 21.9 Å². The third-order valence-corrected chi connectivity index (χ3v) is 3.56. The van der Waals surface area contributed by atoms with Crippen LogP contribution in [0.25, 0.3) is 0 Å². The average molecular weight is 222 g/mol. The number of hydrogen-bond acceptors (Lipinski definition) is 3. The Bertz CT molecular complexity index is 326. The van der Waals surface area contributed by atoms with Crippen molar-refractivity contribution in [3.63, 3.8) is 0 Å². The van der Waals surface area contributed by atoms with Gasteiger partial charge in [-0.3, -0.25) is 4.68 Å². The zero-order chi connectivity index (χ0) is 11.5. The molecule has 4 heteroatoms. The second kappa shape index (κ2) is 4.97. The highest BCUT2D eigenvalue weighted by Crippen LogP contribution is 2.20. The number of rotatable bonds is 3. The van der Waals surface area contributed by atoms with Gasteiger partial charge in [-0.15, -0.1) is 0 Å². The molecule has 90 valence electrons. The van der Waals surface area contributed by atoms with E-state index in [1.807, 2.05) is 17.9 Å². The van der Waals surface area contributed by atoms with E-state index in [1.54, 1.807) is 0 Å². The van der Waals surface area contributed by atoms with E-state index < -0.39 is 0 Å². The van der Waals surface area contributed by atoms with Crippen molar-refractivity contribution in [2.75, 3.05) is 0 Å². The summed E-state index contributed by atoms with van der Waals surface area (Å²) in [4.78, 5) is 0. The second-order valence-electron chi connectivity index (χ2n) is 4.88. The van der Waals surface area contributed by atoms with Crippen LogP contribution in [0.4, 0.5) is 0 Å². The number of nitrogens with zero attached hydrogens (tertiary/aromatic N) is 2. The molecule has 16 heavy (non-hydrogen) atoms. The van der Waals surface area contributed by atoms with Gasteiger partial charge in [-0.1, -0.05) is 0 Å². The molecular formula is C12H22N4. The van der Waals surface area contributed by atoms with Gasteiger partial charge >= 0.3 is 0 Å². The Morgan fingerprint density at radius 3 is 2.69 bits per heavy atom. The minimum Gasteiger partial charge on any atom is -0.328 e. The Hall–Kier alpha value is -0.870. The van der Waals surface area contributed by atoms with Crippen molar-refractivity contribution < 1.29 is 0 Å². The van der Waals surface area contributed by atoms with E-state index in [1.165, 1.54) is 18.5 Å². The molecule has 4 nitrogen and oxygen atoms in total. The van der Waals surface area contributed by atoms with E-state index in [0.717, 1.165) is 12.8 Å². The molecule has 0 aromatic carbocycles. The van der Waals surface area contributed by atoms with Crippen molar-refractivity contribution in [1.82, 2.24) is 15.1 Å². The molecule has 2 rings (SSSR count). The van der Waals surface area contributed by atoms with Gasteiger partial charge in [0.15, 0.2) is 0 Å². The van der Waals surface area contributed by atoms with Crippen molar-refractivity contribution in [2.24, 2.45) is 12.8 Å². The minimum atomic E-state index is 0.367. The summed E-state index contributed by atoms with van der Waals surface area (Å²) >= 11 is 0. The molecule has 0 radical (unpaired) electrons. The fraction of sp³-hybridized carbons (Fsp3) is 0.750. The standard InChI is InChI=1S/C12H22N4/c1-9(12-7-8-14-16(12)2)15-11-5-3-10(13)4-6-11/h7-11,15H,3-6,13H2,1-2H3. The number of aryl methyl sites for hydroxylation is 1. The quantitative estimate of drug-likeness (QED) is 0.811. The van der Waals surface area contributed by atoms with E-state index in [2.05, 4.69) is 23.4 Å². The SMILES string of the molecule is CC(NC1CCC(N)CC1)c1ccnn1C. The third-order valence-electron chi connectivity index (χ3n) is 3.56. The van der Waals surface area contributed by atoms with Gasteiger partial charge < -0.3 is 11.1 Å². The van der Waals surface area contributed by atoms with Crippen molar-refractivity contribution in [3.05, 3.63) is 18.0 Å². The minimum absolute atomic E-state index is 0.367. The molecule has 0 amide bonds. The zero-order valence-electron chi connectivity index (χ0n) is 10.2. The predicted molar refractivity (Wildman–Crippen MR) is 65.0 cm³/mol. The van der Waals surface area contributed by atoms with Crippen molar-refractivity contribution in [1.29, 1.82) is 0 Å². The Labute approximate surface area is 97.2 Å². The van der Waals surface area contributed by atoms with Crippen LogP contribution in [0, 0.1) is 0 Å². The van der Waals surface area contributed by atoms with Crippen LogP contribution in [0.15, 0.2) is 12.3 Å². The molecule has 1 heterocycles. The van der Waals surface area contributed by atoms with Gasteiger partial charge in [-0.25, -0.2) is 0 Å². The molecule has 3 N–H and O–H groups in total. The molecule has 1 unspecified atom stereocenters. The number of hydrogen-bond donors (Lipinski definition) is 2. The summed E-state index contributed by atoms with van der Waals surface area (Å²) in [5.74, 6) is 0. The van der Waals surface area contributed by atoms with Gasteiger partial charge in [-0.2, -0.15) is 5.10 Å². The highest BCUT2D eigenvalue weighted by atomic mass is 15.3. The van der Waals surface area contributed by atoms with E-state index in [-0.39, 0.29) is 0 Å². The van der Waals surface area contributed by atoms with Gasteiger partial charge in [0.1, 0.15) is 0 Å². The molecule has 0 saturated heterocycles. The average Bonchev–Trinajstić information content (AvgIpc) is 2.68. The van der Waals surface area contributed by atoms with Crippen LogP contribution in [0.2, 0.25) is 0 Å². The van der Waals surface area contributed by atoms with Crippen molar-refractivity contribution >= 4 is 0 Å². The summed E-state index contributed by atoms with van der Waals surface area (Å²) in [6, 6.07) is 3.48. The Balaban J connectivity index is 1.88. The maximum Gasteiger partial charge on any atom is 0.0547 e. The summed E-state index contributed by atoms with van der Waals surface area (Å²) in [6.07, 6.45) is 6.54. The van der Waals surface area contributed by atoms with Gasteiger partial charge in [0, 0.05) is 31.4 Å². The largest absolute Gasteiger partial charge is 0.328 e. The van der Waals surface area contributed by atoms with Crippen molar-refractivity contribution in [2.45, 2.75) is 50.7 Å². The number of nitrogens with one attached hydrogen (secondary N) is 1. The number of nitrogens with two attached hydrogens (primary N) is 1. The second-order valence-corrected chi connectivity index (χ2v) is 4.88. The first-order valence-corrected chi connectivity index (χ1v) is 6.16. The fourth-order valence-corrected chi connectivity index (χ4v) is 2.53. The molecular weight excluding hydrogens is 200 g/mol. The summed E-state index contributed by atoms with van der Waals surface area (Å²) < 4.78 is 1.94. The number of aromatic nitrogens is 2. The Morgan fingerprint density at radius 2 is 2.12 bits per heavy atom. The molecule has 1 aliphatic rings. The summed E-state index contributed by atoms with van der Waals surface area (Å²) in [6.45, 7) is 2.20. The monoisotopic (exact) mass is 222 g/mol. The maximum absolute atomic E-state index is 5.90. The predicted octanol–water partition coefficient (Wildman–Crippen LogP) is 1.34. The molecule has 1 fully saturated rings. The molecule has 1 aromatic rings. The first-order chi connectivity index (χ1) is 7.66. The van der Waals surface area contributed by atoms with Gasteiger partial charge in [0.25, 0.3) is 0 Å². The highest BCUT2D eigenvalue weighted by molar-refractivity contribution is 5.05. The summed E-state index contributed by atoms with van der Waals surface area (Å²) in [7, 11) is 1.99. The first kappa shape index (κ1) is 11.6. The lowest BCUT2D eigenvalue weighted by Gasteiger charge is -2.29. The molecule has 0 aliphatic heterocycles. The van der Waals surface area contributed by atoms with Crippen LogP contribution in [0.5, 0.6) is 0 Å².